The molecule has 3 rings (SSSR count). The predicted octanol–water partition coefficient (Wildman–Crippen LogP) is 4.77. The van der Waals surface area contributed by atoms with Gasteiger partial charge in [-0.25, -0.2) is 13.4 Å². The lowest BCUT2D eigenvalue weighted by molar-refractivity contribution is 0.232. The number of aryl methyl sites for hydroxylation is 1. The van der Waals surface area contributed by atoms with E-state index in [1.165, 1.54) is 12.1 Å². The molecule has 2 N–H and O–H groups in total. The van der Waals surface area contributed by atoms with Gasteiger partial charge in [-0.05, 0) is 63.2 Å². The molecule has 9 heteroatoms. The number of benzene rings is 2. The molecule has 1 heterocycles. The van der Waals surface area contributed by atoms with Crippen LogP contribution in [0.2, 0.25) is 5.02 Å². The fourth-order valence-corrected chi connectivity index (χ4v) is 3.88. The Kier molecular flexibility index (Phi) is 6.24. The maximum atomic E-state index is 12.5. The van der Waals surface area contributed by atoms with Gasteiger partial charge in [-0.3, -0.25) is 4.72 Å². The maximum absolute atomic E-state index is 12.5. The molecule has 0 aliphatic heterocycles. The van der Waals surface area contributed by atoms with E-state index >= 15 is 0 Å². The van der Waals surface area contributed by atoms with E-state index in [1.807, 2.05) is 13.8 Å². The molecule has 152 valence electrons. The van der Waals surface area contributed by atoms with Crippen molar-refractivity contribution < 1.29 is 13.2 Å². The summed E-state index contributed by atoms with van der Waals surface area (Å²) in [6.07, 6.45) is 0.00366. The number of halogens is 1. The molecule has 3 aromatic rings. The number of hydrogen-bond donors (Lipinski definition) is 2. The number of ether oxygens (including phenoxy) is 1. The third-order valence-electron chi connectivity index (χ3n) is 3.69. The van der Waals surface area contributed by atoms with Gasteiger partial charge in [0.2, 0.25) is 5.88 Å². The fourth-order valence-electron chi connectivity index (χ4n) is 2.52. The molecular weight excluding hydrogens is 412 g/mol. The second kappa shape index (κ2) is 8.67. The quantitative estimate of drug-likeness (QED) is 0.558. The van der Waals surface area contributed by atoms with Crippen molar-refractivity contribution in [2.24, 2.45) is 0 Å². The molecule has 2 aromatic carbocycles. The summed E-state index contributed by atoms with van der Waals surface area (Å²) < 4.78 is 33.1. The monoisotopic (exact) mass is 432 g/mol. The van der Waals surface area contributed by atoms with Crippen LogP contribution in [0.15, 0.2) is 59.5 Å². The molecule has 0 atom stereocenters. The van der Waals surface area contributed by atoms with Crippen molar-refractivity contribution in [3.8, 4) is 5.88 Å². The summed E-state index contributed by atoms with van der Waals surface area (Å²) in [7, 11) is -3.72. The molecule has 0 bridgehead atoms. The van der Waals surface area contributed by atoms with Gasteiger partial charge in [0.1, 0.15) is 11.6 Å². The summed E-state index contributed by atoms with van der Waals surface area (Å²) in [4.78, 5) is 8.68. The second-order valence-corrected chi connectivity index (χ2v) is 8.69. The van der Waals surface area contributed by atoms with Crippen molar-refractivity contribution in [2.45, 2.75) is 31.8 Å². The molecule has 0 aliphatic carbocycles. The summed E-state index contributed by atoms with van der Waals surface area (Å²) in [5.74, 6) is 1.65. The Balaban J connectivity index is 1.73. The number of anilines is 3. The number of sulfonamides is 1. The molecule has 0 saturated carbocycles. The first-order chi connectivity index (χ1) is 13.7. The van der Waals surface area contributed by atoms with E-state index in [0.717, 1.165) is 5.69 Å². The van der Waals surface area contributed by atoms with Crippen LogP contribution in [-0.2, 0) is 10.0 Å². The number of rotatable bonds is 7. The summed E-state index contributed by atoms with van der Waals surface area (Å²) in [6, 6.07) is 14.6. The highest BCUT2D eigenvalue weighted by molar-refractivity contribution is 7.92. The van der Waals surface area contributed by atoms with Gasteiger partial charge >= 0.3 is 0 Å². The Morgan fingerprint density at radius 1 is 1.00 bits per heavy atom. The first-order valence-electron chi connectivity index (χ1n) is 8.89. The van der Waals surface area contributed by atoms with Crippen molar-refractivity contribution in [3.63, 3.8) is 0 Å². The van der Waals surface area contributed by atoms with Crippen molar-refractivity contribution in [1.29, 1.82) is 0 Å². The van der Waals surface area contributed by atoms with Crippen LogP contribution in [0.4, 0.5) is 17.2 Å². The maximum Gasteiger partial charge on any atom is 0.261 e. The van der Waals surface area contributed by atoms with E-state index in [4.69, 9.17) is 16.3 Å². The number of aromatic nitrogens is 2. The van der Waals surface area contributed by atoms with E-state index in [1.54, 1.807) is 49.4 Å². The second-order valence-electron chi connectivity index (χ2n) is 6.57. The average Bonchev–Trinajstić information content (AvgIpc) is 2.62. The smallest absolute Gasteiger partial charge is 0.261 e. The third-order valence-corrected chi connectivity index (χ3v) is 5.30. The van der Waals surface area contributed by atoms with Gasteiger partial charge in [0.25, 0.3) is 10.0 Å². The van der Waals surface area contributed by atoms with Gasteiger partial charge in [0.05, 0.1) is 11.0 Å². The lowest BCUT2D eigenvalue weighted by Gasteiger charge is -2.12. The fraction of sp³-hybridized carbons (Fsp3) is 0.200. The minimum atomic E-state index is -3.72. The standard InChI is InChI=1S/C20H21ClN4O3S/c1-13(2)28-20-12-19(22-14(3)23-20)24-16-7-9-17(10-8-16)25-29(26,27)18-6-4-5-15(21)11-18/h4-13,25H,1-3H3,(H,22,23,24). The predicted molar refractivity (Wildman–Crippen MR) is 115 cm³/mol. The molecule has 0 spiro atoms. The molecule has 7 nitrogen and oxygen atoms in total. The molecule has 0 fully saturated rings. The molecule has 29 heavy (non-hydrogen) atoms. The molecule has 0 radical (unpaired) electrons. The van der Waals surface area contributed by atoms with Crippen LogP contribution in [0.3, 0.4) is 0 Å². The topological polar surface area (TPSA) is 93.2 Å². The van der Waals surface area contributed by atoms with Crippen molar-refractivity contribution >= 4 is 38.8 Å². The SMILES string of the molecule is Cc1nc(Nc2ccc(NS(=O)(=O)c3cccc(Cl)c3)cc2)cc(OC(C)C)n1. The number of nitrogens with zero attached hydrogens (tertiary/aromatic N) is 2. The van der Waals surface area contributed by atoms with Gasteiger partial charge < -0.3 is 10.1 Å². The van der Waals surface area contributed by atoms with E-state index < -0.39 is 10.0 Å². The van der Waals surface area contributed by atoms with Crippen LogP contribution in [-0.4, -0.2) is 24.5 Å². The highest BCUT2D eigenvalue weighted by Crippen LogP contribution is 2.23. The lowest BCUT2D eigenvalue weighted by atomic mass is 10.3. The minimum Gasteiger partial charge on any atom is -0.475 e. The minimum absolute atomic E-state index is 0.00366. The van der Waals surface area contributed by atoms with E-state index in [2.05, 4.69) is 20.0 Å². The van der Waals surface area contributed by atoms with E-state index in [-0.39, 0.29) is 11.0 Å². The van der Waals surface area contributed by atoms with Crippen LogP contribution in [0.25, 0.3) is 0 Å². The molecule has 0 amide bonds. The normalized spacial score (nSPS) is 11.3. The highest BCUT2D eigenvalue weighted by Gasteiger charge is 2.14. The molecular formula is C20H21ClN4O3S. The summed E-state index contributed by atoms with van der Waals surface area (Å²) >= 11 is 5.88. The Bertz CT molecular complexity index is 1100. The van der Waals surface area contributed by atoms with E-state index in [9.17, 15) is 8.42 Å². The van der Waals surface area contributed by atoms with Crippen molar-refractivity contribution in [3.05, 3.63) is 65.4 Å². The summed E-state index contributed by atoms with van der Waals surface area (Å²) in [6.45, 7) is 5.63. The zero-order chi connectivity index (χ0) is 21.0. The van der Waals surface area contributed by atoms with Gasteiger partial charge in [-0.15, -0.1) is 0 Å². The average molecular weight is 433 g/mol. The number of nitrogens with one attached hydrogen (secondary N) is 2. The van der Waals surface area contributed by atoms with Crippen LogP contribution in [0.1, 0.15) is 19.7 Å². The van der Waals surface area contributed by atoms with Gasteiger partial charge in [-0.1, -0.05) is 17.7 Å². The molecule has 1 aromatic heterocycles. The van der Waals surface area contributed by atoms with Crippen LogP contribution < -0.4 is 14.8 Å². The number of hydrogen-bond acceptors (Lipinski definition) is 6. The third kappa shape index (κ3) is 5.82. The van der Waals surface area contributed by atoms with Crippen LogP contribution >= 0.6 is 11.6 Å². The lowest BCUT2D eigenvalue weighted by Crippen LogP contribution is -2.12. The zero-order valence-corrected chi connectivity index (χ0v) is 17.8. The van der Waals surface area contributed by atoms with Crippen LogP contribution in [0, 0.1) is 6.92 Å². The van der Waals surface area contributed by atoms with Crippen molar-refractivity contribution in [2.75, 3.05) is 10.0 Å². The first kappa shape index (κ1) is 20.9. The Morgan fingerprint density at radius 3 is 2.34 bits per heavy atom. The molecule has 0 saturated heterocycles. The zero-order valence-electron chi connectivity index (χ0n) is 16.2. The van der Waals surface area contributed by atoms with Crippen molar-refractivity contribution in [1.82, 2.24) is 9.97 Å². The summed E-state index contributed by atoms with van der Waals surface area (Å²) in [5.41, 5.74) is 1.17. The first-order valence-corrected chi connectivity index (χ1v) is 10.8. The molecule has 0 aliphatic rings. The van der Waals surface area contributed by atoms with Gasteiger partial charge in [0, 0.05) is 22.5 Å². The molecule has 0 unspecified atom stereocenters. The largest absolute Gasteiger partial charge is 0.475 e. The Morgan fingerprint density at radius 2 is 1.69 bits per heavy atom. The van der Waals surface area contributed by atoms with Gasteiger partial charge in [0.15, 0.2) is 0 Å². The Hall–Kier alpha value is -2.84. The summed E-state index contributed by atoms with van der Waals surface area (Å²) in [5, 5.41) is 3.52. The Labute approximate surface area is 175 Å². The highest BCUT2D eigenvalue weighted by atomic mass is 35.5. The van der Waals surface area contributed by atoms with Gasteiger partial charge in [-0.2, -0.15) is 4.98 Å². The van der Waals surface area contributed by atoms with E-state index in [0.29, 0.717) is 28.2 Å². The van der Waals surface area contributed by atoms with Crippen LogP contribution in [0.5, 0.6) is 5.88 Å².